The molecule has 0 atom stereocenters. The molecule has 0 spiro atoms. The van der Waals surface area contributed by atoms with Gasteiger partial charge in [-0.25, -0.2) is 14.3 Å². The summed E-state index contributed by atoms with van der Waals surface area (Å²) < 4.78 is 21.2. The van der Waals surface area contributed by atoms with Gasteiger partial charge in [0.05, 0.1) is 13.2 Å². The van der Waals surface area contributed by atoms with Crippen LogP contribution >= 0.6 is 7.59 Å². The van der Waals surface area contributed by atoms with Crippen LogP contribution in [0.25, 0.3) is 0 Å². The topological polar surface area (TPSA) is 48.1 Å². The molecule has 0 saturated carbocycles. The fourth-order valence-corrected chi connectivity index (χ4v) is 3.03. The lowest BCUT2D eigenvalue weighted by Crippen LogP contribution is -2.47. The van der Waals surface area contributed by atoms with E-state index in [1.807, 2.05) is 33.2 Å². The Bertz CT molecular complexity index is 229. The molecular weight excluding hydrogens is 215 g/mol. The van der Waals surface area contributed by atoms with Crippen LogP contribution in [-0.4, -0.2) is 68.8 Å². The van der Waals surface area contributed by atoms with Crippen LogP contribution in [0.3, 0.4) is 0 Å². The van der Waals surface area contributed by atoms with Crippen LogP contribution in [0, 0.1) is 0 Å². The Labute approximate surface area is 91.7 Å². The third kappa shape index (κ3) is 3.24. The maximum atomic E-state index is 12.5. The summed E-state index contributed by atoms with van der Waals surface area (Å²) in [6.07, 6.45) is 0. The fraction of sp³-hybridized carbons (Fsp3) is 1.00. The largest absolute Gasteiger partial charge is 0.379 e. The molecule has 1 fully saturated rings. The number of hydrogen-bond donors (Lipinski definition) is 1. The summed E-state index contributed by atoms with van der Waals surface area (Å²) in [6.45, 7) is 2.92. The molecule has 1 rings (SSSR count). The number of nitrogens with zero attached hydrogens (tertiary/aromatic N) is 3. The average molecular weight is 236 g/mol. The van der Waals surface area contributed by atoms with Crippen LogP contribution < -0.4 is 5.20 Å². The van der Waals surface area contributed by atoms with Gasteiger partial charge in [-0.15, -0.1) is 0 Å². The average Bonchev–Trinajstić information content (AvgIpc) is 2.18. The minimum Gasteiger partial charge on any atom is -0.379 e. The SMILES string of the molecule is CN(C)P(=O)(NN1CCOCC1)N(C)C. The predicted octanol–water partition coefficient (Wildman–Crippen LogP) is 0.0545. The Morgan fingerprint density at radius 3 is 2.00 bits per heavy atom. The maximum Gasteiger partial charge on any atom is 0.296 e. The Morgan fingerprint density at radius 1 is 1.13 bits per heavy atom. The van der Waals surface area contributed by atoms with Crippen LogP contribution in [0.5, 0.6) is 0 Å². The van der Waals surface area contributed by atoms with Gasteiger partial charge in [-0.05, 0) is 28.2 Å². The molecule has 1 heterocycles. The molecule has 0 aromatic carbocycles. The number of hydrazine groups is 1. The molecule has 0 aromatic rings. The highest BCUT2D eigenvalue weighted by Crippen LogP contribution is 2.45. The van der Waals surface area contributed by atoms with Crippen molar-refractivity contribution in [3.8, 4) is 0 Å². The third-order valence-corrected chi connectivity index (χ3v) is 5.08. The first kappa shape index (κ1) is 13.1. The van der Waals surface area contributed by atoms with Gasteiger partial charge in [-0.1, -0.05) is 0 Å². The van der Waals surface area contributed by atoms with Crippen molar-refractivity contribution < 1.29 is 9.30 Å². The summed E-state index contributed by atoms with van der Waals surface area (Å²) in [7, 11) is 4.61. The molecule has 1 aliphatic heterocycles. The molecule has 0 amide bonds. The van der Waals surface area contributed by atoms with E-state index in [-0.39, 0.29) is 0 Å². The quantitative estimate of drug-likeness (QED) is 0.696. The molecule has 0 bridgehead atoms. The van der Waals surface area contributed by atoms with Crippen molar-refractivity contribution in [2.24, 2.45) is 0 Å². The zero-order valence-corrected chi connectivity index (χ0v) is 10.8. The second-order valence-corrected chi connectivity index (χ2v) is 6.83. The van der Waals surface area contributed by atoms with E-state index in [4.69, 9.17) is 4.74 Å². The highest BCUT2D eigenvalue weighted by molar-refractivity contribution is 7.56. The van der Waals surface area contributed by atoms with E-state index in [0.717, 1.165) is 13.1 Å². The van der Waals surface area contributed by atoms with Crippen LogP contribution in [-0.2, 0) is 9.30 Å². The lowest BCUT2D eigenvalue weighted by atomic mass is 10.5. The first-order valence-corrected chi connectivity index (χ1v) is 6.64. The molecule has 1 aliphatic rings. The highest BCUT2D eigenvalue weighted by atomic mass is 31.2. The molecule has 90 valence electrons. The third-order valence-electron chi connectivity index (χ3n) is 2.37. The summed E-state index contributed by atoms with van der Waals surface area (Å²) in [5.74, 6) is 0. The summed E-state index contributed by atoms with van der Waals surface area (Å²) in [5, 5.41) is 5.05. The molecule has 0 unspecified atom stereocenters. The molecule has 15 heavy (non-hydrogen) atoms. The van der Waals surface area contributed by atoms with E-state index in [2.05, 4.69) is 5.20 Å². The zero-order chi connectivity index (χ0) is 11.5. The van der Waals surface area contributed by atoms with Crippen molar-refractivity contribution in [3.05, 3.63) is 0 Å². The van der Waals surface area contributed by atoms with Gasteiger partial charge in [0, 0.05) is 13.1 Å². The van der Waals surface area contributed by atoms with Crippen molar-refractivity contribution in [2.45, 2.75) is 0 Å². The van der Waals surface area contributed by atoms with E-state index >= 15 is 0 Å². The normalized spacial score (nSPS) is 20.1. The second-order valence-electron chi connectivity index (χ2n) is 3.94. The first-order chi connectivity index (χ1) is 6.97. The standard InChI is InChI=1S/C8H21N4O2P/c1-10(2)15(13,11(3)4)9-12-5-7-14-8-6-12/h5-8H2,1-4H3,(H,9,13). The predicted molar refractivity (Wildman–Crippen MR) is 60.5 cm³/mol. The van der Waals surface area contributed by atoms with E-state index in [9.17, 15) is 4.57 Å². The monoisotopic (exact) mass is 236 g/mol. The Kier molecular flexibility index (Phi) is 4.70. The van der Waals surface area contributed by atoms with E-state index < -0.39 is 7.59 Å². The number of rotatable bonds is 4. The van der Waals surface area contributed by atoms with Crippen molar-refractivity contribution in [3.63, 3.8) is 0 Å². The molecule has 0 aromatic heterocycles. The van der Waals surface area contributed by atoms with Crippen molar-refractivity contribution in [1.29, 1.82) is 0 Å². The molecule has 6 nitrogen and oxygen atoms in total. The van der Waals surface area contributed by atoms with Crippen LogP contribution in [0.4, 0.5) is 0 Å². The highest BCUT2D eigenvalue weighted by Gasteiger charge is 2.30. The molecule has 7 heteroatoms. The van der Waals surface area contributed by atoms with Crippen molar-refractivity contribution in [1.82, 2.24) is 19.5 Å². The van der Waals surface area contributed by atoms with E-state index in [0.29, 0.717) is 13.2 Å². The first-order valence-electron chi connectivity index (χ1n) is 5.03. The van der Waals surface area contributed by atoms with E-state index in [1.165, 1.54) is 0 Å². The number of hydrogen-bond acceptors (Lipinski definition) is 3. The van der Waals surface area contributed by atoms with Gasteiger partial charge >= 0.3 is 0 Å². The number of morpholine rings is 1. The summed E-state index contributed by atoms with van der Waals surface area (Å²) in [4.78, 5) is 0. The van der Waals surface area contributed by atoms with Crippen molar-refractivity contribution in [2.75, 3.05) is 54.5 Å². The van der Waals surface area contributed by atoms with Gasteiger partial charge in [-0.3, -0.25) is 4.57 Å². The van der Waals surface area contributed by atoms with Gasteiger partial charge in [-0.2, -0.15) is 5.20 Å². The van der Waals surface area contributed by atoms with Gasteiger partial charge in [0.1, 0.15) is 0 Å². The zero-order valence-electron chi connectivity index (χ0n) is 9.93. The fourth-order valence-electron chi connectivity index (χ4n) is 1.38. The summed E-state index contributed by atoms with van der Waals surface area (Å²) in [5.41, 5.74) is 0. The molecule has 1 N–H and O–H groups in total. The molecular formula is C8H21N4O2P. The van der Waals surface area contributed by atoms with Crippen LogP contribution in [0.2, 0.25) is 0 Å². The van der Waals surface area contributed by atoms with Crippen LogP contribution in [0.1, 0.15) is 0 Å². The minimum absolute atomic E-state index is 0.688. The Balaban J connectivity index is 2.62. The molecule has 0 radical (unpaired) electrons. The summed E-state index contributed by atoms with van der Waals surface area (Å²) >= 11 is 0. The second kappa shape index (κ2) is 5.39. The maximum absolute atomic E-state index is 12.5. The van der Waals surface area contributed by atoms with Gasteiger partial charge < -0.3 is 4.74 Å². The Hall–Kier alpha value is 0.0300. The van der Waals surface area contributed by atoms with Crippen LogP contribution in [0.15, 0.2) is 0 Å². The lowest BCUT2D eigenvalue weighted by Gasteiger charge is -2.37. The lowest BCUT2D eigenvalue weighted by molar-refractivity contribution is 0.0246. The molecule has 0 aliphatic carbocycles. The van der Waals surface area contributed by atoms with Gasteiger partial charge in [0.2, 0.25) is 0 Å². The van der Waals surface area contributed by atoms with E-state index in [1.54, 1.807) is 9.34 Å². The number of nitrogens with one attached hydrogen (secondary N) is 1. The van der Waals surface area contributed by atoms with Gasteiger partial charge in [0.15, 0.2) is 0 Å². The smallest absolute Gasteiger partial charge is 0.296 e. The van der Waals surface area contributed by atoms with Gasteiger partial charge in [0.25, 0.3) is 7.59 Å². The van der Waals surface area contributed by atoms with Crippen molar-refractivity contribution >= 4 is 7.59 Å². The summed E-state index contributed by atoms with van der Waals surface area (Å²) in [6, 6.07) is 0. The minimum atomic E-state index is -2.64. The molecule has 1 saturated heterocycles. The number of ether oxygens (including phenoxy) is 1. The Morgan fingerprint density at radius 2 is 1.60 bits per heavy atom.